The van der Waals surface area contributed by atoms with Crippen molar-refractivity contribution < 1.29 is 9.84 Å². The Morgan fingerprint density at radius 2 is 2.00 bits per heavy atom. The number of hydrogen-bond donors (Lipinski definition) is 1. The average molecular weight is 340 g/mol. The fourth-order valence-electron chi connectivity index (χ4n) is 1.93. The second kappa shape index (κ2) is 5.58. The molecule has 1 aliphatic rings. The van der Waals surface area contributed by atoms with E-state index in [0.717, 1.165) is 0 Å². The topological polar surface area (TPSA) is 84.9 Å². The third-order valence-corrected chi connectivity index (χ3v) is 3.40. The number of hydrogen-bond acceptors (Lipinski definition) is 6. The highest BCUT2D eigenvalue weighted by molar-refractivity contribution is 6.46. The van der Waals surface area contributed by atoms with Crippen molar-refractivity contribution in [3.05, 3.63) is 33.8 Å². The molecule has 0 unspecified atom stereocenters. The highest BCUT2D eigenvalue weighted by Crippen LogP contribution is 2.36. The maximum Gasteiger partial charge on any atom is 0.263 e. The van der Waals surface area contributed by atoms with E-state index in [-0.39, 0.29) is 15.8 Å². The van der Waals surface area contributed by atoms with Crippen molar-refractivity contribution in [3.8, 4) is 5.75 Å². The third kappa shape index (κ3) is 2.53. The van der Waals surface area contributed by atoms with Gasteiger partial charge in [-0.15, -0.1) is 15.0 Å². The number of benzene rings is 1. The van der Waals surface area contributed by atoms with E-state index in [2.05, 4.69) is 20.2 Å². The van der Waals surface area contributed by atoms with Gasteiger partial charge in [0.05, 0.1) is 22.3 Å². The van der Waals surface area contributed by atoms with Crippen LogP contribution in [0.1, 0.15) is 18.6 Å². The fourth-order valence-corrected chi connectivity index (χ4v) is 2.40. The van der Waals surface area contributed by atoms with Crippen LogP contribution in [0.5, 0.6) is 5.75 Å². The van der Waals surface area contributed by atoms with E-state index in [1.165, 1.54) is 16.9 Å². The maximum atomic E-state index is 9.60. The van der Waals surface area contributed by atoms with Gasteiger partial charge in [-0.2, -0.15) is 0 Å². The van der Waals surface area contributed by atoms with E-state index in [1.54, 1.807) is 6.92 Å². The lowest BCUT2D eigenvalue weighted by molar-refractivity contribution is 0.332. The molecule has 2 aromatic rings. The molecule has 2 heterocycles. The summed E-state index contributed by atoms with van der Waals surface area (Å²) in [6.45, 7) is 4.03. The van der Waals surface area contributed by atoms with Gasteiger partial charge < -0.3 is 9.84 Å². The minimum Gasteiger partial charge on any atom is -0.505 e. The van der Waals surface area contributed by atoms with E-state index < -0.39 is 0 Å². The highest BCUT2D eigenvalue weighted by Gasteiger charge is 2.28. The van der Waals surface area contributed by atoms with Gasteiger partial charge in [0.2, 0.25) is 5.82 Å². The first-order valence-electron chi connectivity index (χ1n) is 6.42. The Morgan fingerprint density at radius 1 is 1.32 bits per heavy atom. The van der Waals surface area contributed by atoms with Gasteiger partial charge in [0, 0.05) is 0 Å². The minimum absolute atomic E-state index is 0.109. The van der Waals surface area contributed by atoms with Crippen LogP contribution < -0.4 is 0 Å². The van der Waals surface area contributed by atoms with Gasteiger partial charge in [0.1, 0.15) is 0 Å². The molecule has 0 spiro atoms. The van der Waals surface area contributed by atoms with Crippen molar-refractivity contribution in [2.24, 2.45) is 10.1 Å². The molecule has 0 aliphatic carbocycles. The van der Waals surface area contributed by atoms with Crippen LogP contribution in [-0.4, -0.2) is 38.2 Å². The molecule has 22 heavy (non-hydrogen) atoms. The molecule has 1 N–H and O–H groups in total. The molecule has 0 bridgehead atoms. The number of phenols is 1. The van der Waals surface area contributed by atoms with Gasteiger partial charge in [-0.05, 0) is 26.0 Å². The number of aromatic hydroxyl groups is 1. The normalized spacial score (nSPS) is 15.1. The van der Waals surface area contributed by atoms with Gasteiger partial charge in [-0.25, -0.2) is 9.98 Å². The molecule has 3 rings (SSSR count). The number of nitrogens with zero attached hydrogens (tertiary/aromatic N) is 5. The van der Waals surface area contributed by atoms with Crippen LogP contribution in [-0.2, 0) is 4.74 Å². The van der Waals surface area contributed by atoms with Crippen molar-refractivity contribution in [2.75, 3.05) is 6.61 Å². The van der Waals surface area contributed by atoms with Crippen molar-refractivity contribution in [1.82, 2.24) is 14.9 Å². The molecule has 0 saturated heterocycles. The predicted octanol–water partition coefficient (Wildman–Crippen LogP) is 2.93. The van der Waals surface area contributed by atoms with Crippen LogP contribution in [0.4, 0.5) is 5.69 Å². The van der Waals surface area contributed by atoms with Crippen molar-refractivity contribution in [2.45, 2.75) is 13.8 Å². The number of aliphatic imine (C=N–C) groups is 1. The van der Waals surface area contributed by atoms with E-state index in [1.807, 2.05) is 6.92 Å². The van der Waals surface area contributed by atoms with E-state index in [0.29, 0.717) is 35.6 Å². The van der Waals surface area contributed by atoms with Crippen molar-refractivity contribution in [1.29, 1.82) is 0 Å². The van der Waals surface area contributed by atoms with E-state index in [4.69, 9.17) is 27.9 Å². The zero-order valence-corrected chi connectivity index (χ0v) is 13.2. The van der Waals surface area contributed by atoms with E-state index >= 15 is 0 Å². The van der Waals surface area contributed by atoms with Crippen molar-refractivity contribution >= 4 is 40.5 Å². The lowest BCUT2D eigenvalue weighted by atomic mass is 10.3. The second-order valence-electron chi connectivity index (χ2n) is 4.43. The summed E-state index contributed by atoms with van der Waals surface area (Å²) < 4.78 is 5.46. The highest BCUT2D eigenvalue weighted by atomic mass is 35.5. The summed E-state index contributed by atoms with van der Waals surface area (Å²) in [5.41, 5.74) is 0.879. The molecule has 1 aromatic heterocycles. The lowest BCUT2D eigenvalue weighted by Gasteiger charge is -2.04. The number of fused-ring (bicyclic) bond motifs is 1. The fraction of sp³-hybridized carbons (Fsp3) is 0.231. The predicted molar refractivity (Wildman–Crippen MR) is 83.5 cm³/mol. The summed E-state index contributed by atoms with van der Waals surface area (Å²) >= 11 is 11.8. The summed E-state index contributed by atoms with van der Waals surface area (Å²) in [6.07, 6.45) is 0. The zero-order valence-electron chi connectivity index (χ0n) is 11.7. The number of ether oxygens (including phenoxy) is 1. The Labute approximate surface area is 135 Å². The Kier molecular flexibility index (Phi) is 3.76. The minimum atomic E-state index is -0.184. The first-order valence-corrected chi connectivity index (χ1v) is 7.18. The van der Waals surface area contributed by atoms with Gasteiger partial charge in [0.25, 0.3) is 5.90 Å². The molecule has 114 valence electrons. The Balaban J connectivity index is 2.10. The van der Waals surface area contributed by atoms with Crippen LogP contribution in [0.15, 0.2) is 22.2 Å². The van der Waals surface area contributed by atoms with E-state index in [9.17, 15) is 5.11 Å². The van der Waals surface area contributed by atoms with Crippen LogP contribution in [0.2, 0.25) is 10.0 Å². The van der Waals surface area contributed by atoms with Gasteiger partial charge in [0.15, 0.2) is 17.3 Å². The number of rotatable bonds is 2. The quantitative estimate of drug-likeness (QED) is 0.911. The Morgan fingerprint density at radius 3 is 2.64 bits per heavy atom. The zero-order chi connectivity index (χ0) is 15.9. The first kappa shape index (κ1) is 14.8. The van der Waals surface area contributed by atoms with Crippen LogP contribution in [0.25, 0.3) is 0 Å². The third-order valence-electron chi connectivity index (χ3n) is 2.82. The Hall–Kier alpha value is -2.12. The molecule has 0 amide bonds. The number of aryl methyl sites for hydroxylation is 1. The number of phenolic OH excluding ortho intramolecular Hbond substituents is 1. The molecule has 0 radical (unpaired) electrons. The Bertz CT molecular complexity index is 790. The summed E-state index contributed by atoms with van der Waals surface area (Å²) in [5.74, 6) is 1.18. The van der Waals surface area contributed by atoms with Gasteiger partial charge >= 0.3 is 0 Å². The number of halogens is 2. The molecule has 9 heteroatoms. The van der Waals surface area contributed by atoms with Crippen LogP contribution >= 0.6 is 23.2 Å². The van der Waals surface area contributed by atoms with Gasteiger partial charge in [-0.1, -0.05) is 23.2 Å². The number of aromatic nitrogens is 3. The van der Waals surface area contributed by atoms with Crippen molar-refractivity contribution in [3.63, 3.8) is 0 Å². The summed E-state index contributed by atoms with van der Waals surface area (Å²) in [4.78, 5) is 10.1. The molecule has 1 aliphatic heterocycles. The summed E-state index contributed by atoms with van der Waals surface area (Å²) in [7, 11) is 0. The maximum absolute atomic E-state index is 9.60. The van der Waals surface area contributed by atoms with Crippen LogP contribution in [0, 0.1) is 6.92 Å². The average Bonchev–Trinajstić information content (AvgIpc) is 2.95. The molecule has 7 nitrogen and oxygen atoms in total. The largest absolute Gasteiger partial charge is 0.505 e. The monoisotopic (exact) mass is 339 g/mol. The molecule has 1 aromatic carbocycles. The van der Waals surface area contributed by atoms with Crippen LogP contribution in [0.3, 0.4) is 0 Å². The molecule has 0 fully saturated rings. The summed E-state index contributed by atoms with van der Waals surface area (Å²) in [6, 6.07) is 2.98. The first-order chi connectivity index (χ1) is 10.5. The molecule has 0 atom stereocenters. The smallest absolute Gasteiger partial charge is 0.263 e. The summed E-state index contributed by atoms with van der Waals surface area (Å²) in [5, 5.41) is 18.1. The molecular formula is C13H11Cl2N5O2. The molecule has 0 saturated carbocycles. The second-order valence-corrected chi connectivity index (χ2v) is 5.24. The standard InChI is InChI=1S/C13H11Cl2N5O2/c1-3-22-13-10(12-16-6(2)18-20(12)19-13)17-7-4-8(14)11(21)9(15)5-7/h4-5,21H,3H2,1-2H3. The van der Waals surface area contributed by atoms with Gasteiger partial charge in [-0.3, -0.25) is 0 Å². The lowest BCUT2D eigenvalue weighted by Crippen LogP contribution is -2.15. The SMILES string of the molecule is CCOC1=Nn2nc(C)nc2C1=Nc1cc(Cl)c(O)c(Cl)c1. The molecular weight excluding hydrogens is 329 g/mol.